The van der Waals surface area contributed by atoms with Crippen molar-refractivity contribution in [2.24, 2.45) is 0 Å². The summed E-state index contributed by atoms with van der Waals surface area (Å²) in [7, 11) is 0. The Morgan fingerprint density at radius 3 is 0.333 bits per heavy atom. The van der Waals surface area contributed by atoms with Crippen molar-refractivity contribution >= 4 is 0 Å². The summed E-state index contributed by atoms with van der Waals surface area (Å²) in [6, 6.07) is 0. The summed E-state index contributed by atoms with van der Waals surface area (Å²) in [4.78, 5) is 0. The first-order valence-electron chi connectivity index (χ1n) is 0. The van der Waals surface area contributed by atoms with Crippen LogP contribution in [0.15, 0.2) is 0 Å². The van der Waals surface area contributed by atoms with Crippen molar-refractivity contribution in [2.45, 2.75) is 0 Å². The van der Waals surface area contributed by atoms with Crippen molar-refractivity contribution in [3.8, 4) is 0 Å². The fraction of sp³-hybridized carbons (Fsp3) is 0. The highest BCUT2D eigenvalue weighted by molar-refractivity contribution is 0.828. The van der Waals surface area contributed by atoms with Crippen molar-refractivity contribution in [3.05, 3.63) is 0 Å². The molecule has 0 saturated carbocycles. The number of hydrogen-bond acceptors (Lipinski definition) is 0. The summed E-state index contributed by atoms with van der Waals surface area (Å²) in [5.41, 5.74) is 0. The van der Waals surface area contributed by atoms with Gasteiger partial charge in [-0.25, -0.2) is 0 Å². The third-order valence-electron chi connectivity index (χ3n) is 0. The van der Waals surface area contributed by atoms with Crippen molar-refractivity contribution < 1.29 is 44.4 Å². The lowest BCUT2D eigenvalue weighted by molar-refractivity contribution is -0.00000604. The summed E-state index contributed by atoms with van der Waals surface area (Å²) >= 11 is 0. The Kier molecular flexibility index (Phi) is 459000. The molecule has 48 valence electrons. The maximum absolute atomic E-state index is 0. The Morgan fingerprint density at radius 2 is 0.333 bits per heavy atom. The number of rotatable bonds is 0. The maximum Gasteiger partial charge on any atom is -0.412 e. The highest BCUT2D eigenvalue weighted by Crippen LogP contribution is -0.285. The Morgan fingerprint density at radius 1 is 0.333 bits per heavy atom. The van der Waals surface area contributed by atoms with Gasteiger partial charge in [0.2, 0.25) is 0 Å². The van der Waals surface area contributed by atoms with E-state index in [9.17, 15) is 0 Å². The summed E-state index contributed by atoms with van der Waals surface area (Å²) in [6.07, 6.45) is 0. The van der Waals surface area contributed by atoms with E-state index in [1.165, 1.54) is 0 Å². The van der Waals surface area contributed by atoms with E-state index in [1.54, 1.807) is 0 Å². The van der Waals surface area contributed by atoms with Gasteiger partial charge in [0.25, 0.3) is 0 Å². The van der Waals surface area contributed by atoms with E-state index in [-0.39, 0.29) is 44.4 Å². The molecule has 0 aromatic rings. The molecule has 6 heavy (non-hydrogen) atoms. The molecule has 0 aliphatic heterocycles. The lowest BCUT2D eigenvalue weighted by Crippen LogP contribution is -3.00. The molecule has 0 fully saturated rings. The van der Waals surface area contributed by atoms with E-state index in [0.29, 0.717) is 0 Å². The van der Waals surface area contributed by atoms with Crippen LogP contribution in [0.2, 0.25) is 0 Å². The molecule has 0 unspecified atom stereocenters. The quantitative estimate of drug-likeness (QED) is 0.338. The largest absolute Gasteiger partial charge is 1.00 e. The molecule has 0 amide bonds. The minimum Gasteiger partial charge on any atom is -1.00 e. The van der Waals surface area contributed by atoms with E-state index in [2.05, 4.69) is 0 Å². The lowest BCUT2D eigenvalue weighted by Gasteiger charge is -1.00. The first-order chi connectivity index (χ1) is 0. The normalized spacial score (nSPS) is 0. The van der Waals surface area contributed by atoms with Gasteiger partial charge in [0, 0.05) is 0 Å². The van der Waals surface area contributed by atoms with Gasteiger partial charge in [-0.1, -0.05) is 0 Å². The van der Waals surface area contributed by atoms with E-state index < -0.39 is 0 Å². The van der Waals surface area contributed by atoms with Crippen LogP contribution in [0.1, 0.15) is 0 Å². The zero-order chi connectivity index (χ0) is 0. The topological polar surface area (TPSA) is 158 Å². The minimum atomic E-state index is 0. The number of halogens is 1. The van der Waals surface area contributed by atoms with Crippen molar-refractivity contribution in [1.29, 1.82) is 0 Å². The highest BCUT2D eigenvalue weighted by Gasteiger charge is -0.408. The van der Waals surface area contributed by atoms with Crippen LogP contribution < -0.4 is 17.0 Å². The molecule has 5 nitrogen and oxygen atoms in total. The fourth-order valence-corrected chi connectivity index (χ4v) is 0. The molecule has 0 aliphatic rings. The zero-order valence-corrected chi connectivity index (χ0v) is 4.46. The second kappa shape index (κ2) is 1230. The lowest BCUT2D eigenvalue weighted by atomic mass is 16.0. The SMILES string of the molecule is O.O.O.O.O.[Br-]. The van der Waals surface area contributed by atoms with Crippen LogP contribution in [-0.2, 0) is 0 Å². The molecule has 0 radical (unpaired) electrons. The van der Waals surface area contributed by atoms with Crippen LogP contribution >= 0.6 is 0 Å². The van der Waals surface area contributed by atoms with Gasteiger partial charge >= 0.3 is 0 Å². The molecule has 0 bridgehead atoms. The van der Waals surface area contributed by atoms with E-state index >= 15 is 0 Å². The molecule has 0 heterocycles. The Labute approximate surface area is 45.3 Å². The van der Waals surface area contributed by atoms with Crippen LogP contribution in [0.3, 0.4) is 0 Å². The maximum atomic E-state index is 0. The summed E-state index contributed by atoms with van der Waals surface area (Å²) in [5.74, 6) is 0. The van der Waals surface area contributed by atoms with Crippen molar-refractivity contribution in [1.82, 2.24) is 0 Å². The minimum absolute atomic E-state index is 0. The molecular weight excluding hydrogens is 160 g/mol. The zero-order valence-electron chi connectivity index (χ0n) is 2.88. The smallest absolute Gasteiger partial charge is 0.412 e. The van der Waals surface area contributed by atoms with Gasteiger partial charge in [-0.05, 0) is 0 Å². The number of hydrogen-bond donors (Lipinski definition) is 0. The van der Waals surface area contributed by atoms with Gasteiger partial charge in [-0.3, -0.25) is 0 Å². The third-order valence-corrected chi connectivity index (χ3v) is 0. The van der Waals surface area contributed by atoms with Gasteiger partial charge in [-0.15, -0.1) is 0 Å². The Hall–Kier alpha value is 0.280. The van der Waals surface area contributed by atoms with E-state index in [4.69, 9.17) is 0 Å². The average Bonchev–Trinajstić information content (AvgIpc) is 0. The molecule has 0 aromatic heterocycles. The molecule has 6 heteroatoms. The standard InChI is InChI=1S/BrH.5H2O/h1H;5*1H2/p-1. The summed E-state index contributed by atoms with van der Waals surface area (Å²) < 4.78 is 0. The van der Waals surface area contributed by atoms with E-state index in [0.717, 1.165) is 0 Å². The molecule has 0 rings (SSSR count). The van der Waals surface area contributed by atoms with Crippen molar-refractivity contribution in [3.63, 3.8) is 0 Å². The van der Waals surface area contributed by atoms with Crippen molar-refractivity contribution in [2.75, 3.05) is 0 Å². The Balaban J connectivity index is 0. The Bertz CT molecular complexity index is 3.90. The molecule has 0 atom stereocenters. The van der Waals surface area contributed by atoms with Gasteiger partial charge < -0.3 is 44.4 Å². The van der Waals surface area contributed by atoms with Gasteiger partial charge in [-0.2, -0.15) is 0 Å². The fourth-order valence-electron chi connectivity index (χ4n) is 0. The van der Waals surface area contributed by atoms with E-state index in [1.807, 2.05) is 0 Å². The van der Waals surface area contributed by atoms with Crippen LogP contribution in [0.25, 0.3) is 0 Å². The third kappa shape index (κ3) is 587. The van der Waals surface area contributed by atoms with Gasteiger partial charge in [0.1, 0.15) is 0 Å². The second-order valence-electron chi connectivity index (χ2n) is 0. The molecule has 0 aromatic carbocycles. The van der Waals surface area contributed by atoms with Gasteiger partial charge in [0.15, 0.2) is 0 Å². The average molecular weight is 170 g/mol. The summed E-state index contributed by atoms with van der Waals surface area (Å²) in [5, 5.41) is 0. The van der Waals surface area contributed by atoms with Crippen LogP contribution in [0.5, 0.6) is 0 Å². The monoisotopic (exact) mass is 169 g/mol. The summed E-state index contributed by atoms with van der Waals surface area (Å²) in [6.45, 7) is 0. The molecular formula is H10BrO5-. The predicted octanol–water partition coefficient (Wildman–Crippen LogP) is -7.12. The second-order valence-corrected chi connectivity index (χ2v) is 0. The van der Waals surface area contributed by atoms with Crippen LogP contribution in [0, 0.1) is 0 Å². The first kappa shape index (κ1) is 2230. The molecule has 0 aliphatic carbocycles. The molecule has 0 saturated heterocycles. The van der Waals surface area contributed by atoms with Crippen LogP contribution in [-0.4, -0.2) is 27.4 Å². The first-order valence-corrected chi connectivity index (χ1v) is 0. The molecule has 0 spiro atoms. The molecule has 10 N–H and O–H groups in total. The highest BCUT2D eigenvalue weighted by atomic mass is 79.9. The van der Waals surface area contributed by atoms with Gasteiger partial charge in [0.05, 0.1) is 0 Å². The predicted molar refractivity (Wildman–Crippen MR) is 18.1 cm³/mol. The van der Waals surface area contributed by atoms with Crippen LogP contribution in [0.4, 0.5) is 0 Å².